The summed E-state index contributed by atoms with van der Waals surface area (Å²) in [5.74, 6) is -0.277. The molecule has 2 aromatic rings. The molecule has 126 valence electrons. The van der Waals surface area contributed by atoms with Gasteiger partial charge < -0.3 is 14.4 Å². The fraction of sp³-hybridized carbons (Fsp3) is 0.278. The normalized spacial score (nSPS) is 17.6. The lowest BCUT2D eigenvalue weighted by Crippen LogP contribution is -2.42. The maximum atomic E-state index is 14.0. The molecule has 1 aliphatic rings. The first-order valence-electron chi connectivity index (χ1n) is 7.59. The van der Waals surface area contributed by atoms with E-state index < -0.39 is 11.7 Å². The lowest BCUT2D eigenvalue weighted by Gasteiger charge is -2.33. The molecular formula is C18H17ClFNO3. The molecule has 0 radical (unpaired) electrons. The molecule has 1 unspecified atom stereocenters. The molecule has 1 fully saturated rings. The van der Waals surface area contributed by atoms with Crippen molar-refractivity contribution in [1.82, 2.24) is 4.90 Å². The third-order valence-corrected chi connectivity index (χ3v) is 4.33. The highest BCUT2D eigenvalue weighted by atomic mass is 35.5. The third-order valence-electron chi connectivity index (χ3n) is 4.02. The van der Waals surface area contributed by atoms with Gasteiger partial charge in [-0.1, -0.05) is 29.8 Å². The van der Waals surface area contributed by atoms with Gasteiger partial charge in [0.25, 0.3) is 5.91 Å². The second kappa shape index (κ2) is 7.20. The summed E-state index contributed by atoms with van der Waals surface area (Å²) in [5, 5.41) is 0.118. The standard InChI is InChI=1S/C18H17ClFNO3/c1-23-13-7-5-12(6-8-13)16-11-21(9-10-24-16)18(22)17-14(19)3-2-4-15(17)20/h2-8,16H,9-11H2,1H3. The Hall–Kier alpha value is -2.11. The number of amides is 1. The van der Waals surface area contributed by atoms with E-state index in [0.717, 1.165) is 11.3 Å². The molecule has 0 bridgehead atoms. The summed E-state index contributed by atoms with van der Waals surface area (Å²) in [6.45, 7) is 1.13. The van der Waals surface area contributed by atoms with Crippen LogP contribution in [0.2, 0.25) is 5.02 Å². The lowest BCUT2D eigenvalue weighted by atomic mass is 10.1. The molecule has 3 rings (SSSR count). The van der Waals surface area contributed by atoms with Crippen LogP contribution in [0.3, 0.4) is 0 Å². The molecule has 0 aliphatic carbocycles. The van der Waals surface area contributed by atoms with Crippen LogP contribution in [-0.2, 0) is 4.74 Å². The Morgan fingerprint density at radius 1 is 1.29 bits per heavy atom. The van der Waals surface area contributed by atoms with Crippen molar-refractivity contribution in [2.75, 3.05) is 26.8 Å². The molecule has 0 saturated carbocycles. The van der Waals surface area contributed by atoms with E-state index in [2.05, 4.69) is 0 Å². The SMILES string of the molecule is COc1ccc(C2CN(C(=O)c3c(F)cccc3Cl)CCO2)cc1. The Morgan fingerprint density at radius 2 is 2.04 bits per heavy atom. The first kappa shape index (κ1) is 16.7. The minimum Gasteiger partial charge on any atom is -0.497 e. The molecule has 1 atom stereocenters. The predicted molar refractivity (Wildman–Crippen MR) is 89.0 cm³/mol. The van der Waals surface area contributed by atoms with E-state index in [0.29, 0.717) is 19.7 Å². The van der Waals surface area contributed by atoms with Crippen molar-refractivity contribution in [3.63, 3.8) is 0 Å². The molecule has 2 aromatic carbocycles. The van der Waals surface area contributed by atoms with Gasteiger partial charge in [0.1, 0.15) is 17.7 Å². The number of hydrogen-bond acceptors (Lipinski definition) is 3. The smallest absolute Gasteiger partial charge is 0.258 e. The molecule has 1 amide bonds. The summed E-state index contributed by atoms with van der Waals surface area (Å²) in [6.07, 6.45) is -0.265. The van der Waals surface area contributed by atoms with Crippen molar-refractivity contribution >= 4 is 17.5 Å². The number of carbonyl (C=O) groups is 1. The highest BCUT2D eigenvalue weighted by molar-refractivity contribution is 6.33. The monoisotopic (exact) mass is 349 g/mol. The van der Waals surface area contributed by atoms with Crippen LogP contribution in [-0.4, -0.2) is 37.6 Å². The van der Waals surface area contributed by atoms with E-state index in [9.17, 15) is 9.18 Å². The largest absolute Gasteiger partial charge is 0.497 e. The molecule has 6 heteroatoms. The van der Waals surface area contributed by atoms with Crippen LogP contribution < -0.4 is 4.74 Å². The fourth-order valence-electron chi connectivity index (χ4n) is 2.71. The van der Waals surface area contributed by atoms with Crippen molar-refractivity contribution in [1.29, 1.82) is 0 Å². The number of halogens is 2. The number of ether oxygens (including phenoxy) is 2. The number of hydrogen-bond donors (Lipinski definition) is 0. The zero-order valence-corrected chi connectivity index (χ0v) is 13.9. The highest BCUT2D eigenvalue weighted by Crippen LogP contribution is 2.27. The summed E-state index contributed by atoms with van der Waals surface area (Å²) < 4.78 is 24.9. The molecule has 0 N–H and O–H groups in total. The van der Waals surface area contributed by atoms with Crippen LogP contribution in [0.1, 0.15) is 22.0 Å². The minimum atomic E-state index is -0.611. The predicted octanol–water partition coefficient (Wildman–Crippen LogP) is 3.70. The molecule has 0 aromatic heterocycles. The topological polar surface area (TPSA) is 38.8 Å². The summed E-state index contributed by atoms with van der Waals surface area (Å²) >= 11 is 6.00. The zero-order chi connectivity index (χ0) is 17.1. The highest BCUT2D eigenvalue weighted by Gasteiger charge is 2.28. The second-order valence-corrected chi connectivity index (χ2v) is 5.89. The molecule has 1 aliphatic heterocycles. The van der Waals surface area contributed by atoms with Gasteiger partial charge >= 0.3 is 0 Å². The summed E-state index contributed by atoms with van der Waals surface area (Å²) in [5.41, 5.74) is 0.850. The van der Waals surface area contributed by atoms with Gasteiger partial charge in [-0.25, -0.2) is 4.39 Å². The van der Waals surface area contributed by atoms with Crippen LogP contribution in [0.4, 0.5) is 4.39 Å². The van der Waals surface area contributed by atoms with E-state index in [1.807, 2.05) is 24.3 Å². The molecule has 24 heavy (non-hydrogen) atoms. The van der Waals surface area contributed by atoms with Gasteiger partial charge in [0.05, 0.1) is 30.8 Å². The summed E-state index contributed by atoms with van der Waals surface area (Å²) in [6, 6.07) is 11.7. The fourth-order valence-corrected chi connectivity index (χ4v) is 2.96. The van der Waals surface area contributed by atoms with Crippen LogP contribution >= 0.6 is 11.6 Å². The first-order chi connectivity index (χ1) is 11.6. The van der Waals surface area contributed by atoms with Gasteiger partial charge in [-0.2, -0.15) is 0 Å². The summed E-state index contributed by atoms with van der Waals surface area (Å²) in [7, 11) is 1.60. The summed E-state index contributed by atoms with van der Waals surface area (Å²) in [4.78, 5) is 14.2. The van der Waals surface area contributed by atoms with E-state index >= 15 is 0 Å². The van der Waals surface area contributed by atoms with Gasteiger partial charge in [0, 0.05) is 6.54 Å². The van der Waals surface area contributed by atoms with Crippen molar-refractivity contribution in [3.8, 4) is 5.75 Å². The zero-order valence-electron chi connectivity index (χ0n) is 13.2. The third kappa shape index (κ3) is 3.37. The van der Waals surface area contributed by atoms with E-state index in [1.165, 1.54) is 18.2 Å². The van der Waals surface area contributed by atoms with Gasteiger partial charge in [-0.3, -0.25) is 4.79 Å². The van der Waals surface area contributed by atoms with Crippen molar-refractivity contribution in [2.45, 2.75) is 6.10 Å². The second-order valence-electron chi connectivity index (χ2n) is 5.48. The van der Waals surface area contributed by atoms with Gasteiger partial charge in [0.2, 0.25) is 0 Å². The van der Waals surface area contributed by atoms with Crippen LogP contribution in [0.5, 0.6) is 5.75 Å². The Morgan fingerprint density at radius 3 is 2.71 bits per heavy atom. The Labute approximate surface area is 144 Å². The number of methoxy groups -OCH3 is 1. The van der Waals surface area contributed by atoms with Gasteiger partial charge in [-0.15, -0.1) is 0 Å². The van der Waals surface area contributed by atoms with Crippen molar-refractivity contribution in [2.24, 2.45) is 0 Å². The molecule has 1 heterocycles. The maximum Gasteiger partial charge on any atom is 0.258 e. The van der Waals surface area contributed by atoms with Gasteiger partial charge in [-0.05, 0) is 29.8 Å². The first-order valence-corrected chi connectivity index (χ1v) is 7.97. The Kier molecular flexibility index (Phi) is 5.02. The average Bonchev–Trinajstić information content (AvgIpc) is 2.61. The lowest BCUT2D eigenvalue weighted by molar-refractivity contribution is -0.0229. The molecule has 1 saturated heterocycles. The average molecular weight is 350 g/mol. The van der Waals surface area contributed by atoms with Crippen LogP contribution in [0.25, 0.3) is 0 Å². The van der Waals surface area contributed by atoms with Gasteiger partial charge in [0.15, 0.2) is 0 Å². The van der Waals surface area contributed by atoms with Crippen molar-refractivity contribution in [3.05, 3.63) is 64.4 Å². The molecule has 0 spiro atoms. The molecular weight excluding hydrogens is 333 g/mol. The number of nitrogens with zero attached hydrogens (tertiary/aromatic N) is 1. The number of morpholine rings is 1. The Bertz CT molecular complexity index is 715. The maximum absolute atomic E-state index is 14.0. The van der Waals surface area contributed by atoms with E-state index in [1.54, 1.807) is 12.0 Å². The number of carbonyl (C=O) groups excluding carboxylic acids is 1. The van der Waals surface area contributed by atoms with Crippen LogP contribution in [0, 0.1) is 5.82 Å². The minimum absolute atomic E-state index is 0.0884. The van der Waals surface area contributed by atoms with E-state index in [4.69, 9.17) is 21.1 Å². The molecule has 4 nitrogen and oxygen atoms in total. The van der Waals surface area contributed by atoms with Crippen LogP contribution in [0.15, 0.2) is 42.5 Å². The van der Waals surface area contributed by atoms with E-state index in [-0.39, 0.29) is 16.7 Å². The number of rotatable bonds is 3. The number of benzene rings is 2. The quantitative estimate of drug-likeness (QED) is 0.848. The van der Waals surface area contributed by atoms with Crippen molar-refractivity contribution < 1.29 is 18.7 Å². The Balaban J connectivity index is 1.78.